The summed E-state index contributed by atoms with van der Waals surface area (Å²) in [5, 5.41) is 13.6. The highest BCUT2D eigenvalue weighted by atomic mass is 16.5. The Morgan fingerprint density at radius 3 is 3.00 bits per heavy atom. The molecule has 1 unspecified atom stereocenters. The van der Waals surface area contributed by atoms with Gasteiger partial charge in [0.1, 0.15) is 5.54 Å². The van der Waals surface area contributed by atoms with Gasteiger partial charge in [-0.05, 0) is 38.6 Å². The highest BCUT2D eigenvalue weighted by Crippen LogP contribution is 2.39. The molecular weight excluding hydrogens is 258 g/mol. The van der Waals surface area contributed by atoms with E-state index in [4.69, 9.17) is 4.52 Å². The van der Waals surface area contributed by atoms with E-state index in [1.54, 1.807) is 0 Å². The van der Waals surface area contributed by atoms with Crippen LogP contribution in [-0.2, 0) is 11.3 Å². The molecule has 0 bridgehead atoms. The Morgan fingerprint density at radius 2 is 2.35 bits per heavy atom. The van der Waals surface area contributed by atoms with Crippen molar-refractivity contribution >= 4 is 5.97 Å². The molecule has 20 heavy (non-hydrogen) atoms. The van der Waals surface area contributed by atoms with Crippen LogP contribution in [0.2, 0.25) is 0 Å². The minimum absolute atomic E-state index is 0.440. The van der Waals surface area contributed by atoms with Gasteiger partial charge < -0.3 is 9.63 Å². The number of carboxylic acid groups (broad SMARTS) is 1. The van der Waals surface area contributed by atoms with E-state index in [-0.39, 0.29) is 0 Å². The Hall–Kier alpha value is -1.43. The van der Waals surface area contributed by atoms with E-state index in [0.29, 0.717) is 31.1 Å². The van der Waals surface area contributed by atoms with Gasteiger partial charge in [-0.15, -0.1) is 0 Å². The van der Waals surface area contributed by atoms with Gasteiger partial charge in [0.2, 0.25) is 5.89 Å². The number of aromatic nitrogens is 2. The van der Waals surface area contributed by atoms with Crippen LogP contribution in [0.5, 0.6) is 0 Å². The van der Waals surface area contributed by atoms with E-state index >= 15 is 0 Å². The van der Waals surface area contributed by atoms with Gasteiger partial charge in [0.25, 0.3) is 0 Å². The van der Waals surface area contributed by atoms with Crippen molar-refractivity contribution in [2.24, 2.45) is 0 Å². The van der Waals surface area contributed by atoms with Crippen LogP contribution < -0.4 is 0 Å². The molecule has 1 atom stereocenters. The Bertz CT molecular complexity index is 498. The molecule has 2 aliphatic rings. The molecule has 1 aromatic rings. The van der Waals surface area contributed by atoms with Crippen molar-refractivity contribution in [1.82, 2.24) is 15.0 Å². The molecule has 1 aromatic heterocycles. The molecule has 2 fully saturated rings. The molecule has 1 aliphatic carbocycles. The van der Waals surface area contributed by atoms with Crippen molar-refractivity contribution in [3.8, 4) is 0 Å². The van der Waals surface area contributed by atoms with Crippen LogP contribution in [0.4, 0.5) is 0 Å². The minimum atomic E-state index is -0.741. The fraction of sp³-hybridized carbons (Fsp3) is 0.786. The number of hydrogen-bond donors (Lipinski definition) is 1. The average molecular weight is 279 g/mol. The quantitative estimate of drug-likeness (QED) is 0.859. The van der Waals surface area contributed by atoms with Crippen LogP contribution in [0.25, 0.3) is 0 Å². The summed E-state index contributed by atoms with van der Waals surface area (Å²) in [6.45, 7) is 3.29. The van der Waals surface area contributed by atoms with Crippen molar-refractivity contribution in [2.45, 2.75) is 63.5 Å². The van der Waals surface area contributed by atoms with E-state index in [1.807, 2.05) is 11.8 Å². The van der Waals surface area contributed by atoms with Crippen LogP contribution in [-0.4, -0.2) is 38.2 Å². The zero-order valence-electron chi connectivity index (χ0n) is 11.8. The first-order valence-corrected chi connectivity index (χ1v) is 7.46. The lowest BCUT2D eigenvalue weighted by atomic mass is 9.90. The second kappa shape index (κ2) is 5.16. The fourth-order valence-corrected chi connectivity index (χ4v) is 3.21. The number of hydrogen-bond acceptors (Lipinski definition) is 5. The molecule has 1 aliphatic heterocycles. The molecule has 2 heterocycles. The first-order valence-electron chi connectivity index (χ1n) is 7.46. The lowest BCUT2D eigenvalue weighted by Crippen LogP contribution is -2.50. The SMILES string of the molecule is CCCC1(C(=O)O)CCCN1Cc1noc(C2CC2)n1. The summed E-state index contributed by atoms with van der Waals surface area (Å²) >= 11 is 0. The molecule has 0 radical (unpaired) electrons. The van der Waals surface area contributed by atoms with Gasteiger partial charge in [-0.3, -0.25) is 9.69 Å². The predicted octanol–water partition coefficient (Wildman–Crippen LogP) is 2.17. The van der Waals surface area contributed by atoms with Gasteiger partial charge in [0.15, 0.2) is 5.82 Å². The molecule has 1 saturated heterocycles. The van der Waals surface area contributed by atoms with E-state index in [9.17, 15) is 9.90 Å². The lowest BCUT2D eigenvalue weighted by Gasteiger charge is -2.33. The van der Waals surface area contributed by atoms with E-state index in [0.717, 1.165) is 38.1 Å². The Morgan fingerprint density at radius 1 is 1.55 bits per heavy atom. The summed E-state index contributed by atoms with van der Waals surface area (Å²) in [6.07, 6.45) is 5.42. The molecule has 6 nitrogen and oxygen atoms in total. The first-order chi connectivity index (χ1) is 9.65. The summed E-state index contributed by atoms with van der Waals surface area (Å²) < 4.78 is 5.25. The standard InChI is InChI=1S/C14H21N3O3/c1-2-6-14(13(18)19)7-3-8-17(14)9-11-15-12(20-16-11)10-4-5-10/h10H,2-9H2,1H3,(H,18,19). The Labute approximate surface area is 118 Å². The Kier molecular flexibility index (Phi) is 3.50. The van der Waals surface area contributed by atoms with E-state index < -0.39 is 11.5 Å². The molecule has 3 rings (SSSR count). The number of likely N-dealkylation sites (tertiary alicyclic amines) is 1. The number of rotatable bonds is 6. The van der Waals surface area contributed by atoms with Crippen LogP contribution in [0.3, 0.4) is 0 Å². The molecule has 6 heteroatoms. The van der Waals surface area contributed by atoms with E-state index in [2.05, 4.69) is 10.1 Å². The Balaban J connectivity index is 1.75. The van der Waals surface area contributed by atoms with Gasteiger partial charge >= 0.3 is 5.97 Å². The maximum atomic E-state index is 11.7. The van der Waals surface area contributed by atoms with Gasteiger partial charge in [-0.1, -0.05) is 18.5 Å². The highest BCUT2D eigenvalue weighted by molar-refractivity contribution is 5.79. The maximum absolute atomic E-state index is 11.7. The largest absolute Gasteiger partial charge is 0.480 e. The molecular formula is C14H21N3O3. The molecule has 1 N–H and O–H groups in total. The monoisotopic (exact) mass is 279 g/mol. The smallest absolute Gasteiger partial charge is 0.324 e. The third kappa shape index (κ3) is 2.32. The van der Waals surface area contributed by atoms with Crippen molar-refractivity contribution in [2.75, 3.05) is 6.54 Å². The third-order valence-corrected chi connectivity index (χ3v) is 4.43. The van der Waals surface area contributed by atoms with Crippen LogP contribution >= 0.6 is 0 Å². The first kappa shape index (κ1) is 13.5. The van der Waals surface area contributed by atoms with Crippen molar-refractivity contribution in [3.63, 3.8) is 0 Å². The second-order valence-electron chi connectivity index (χ2n) is 5.93. The van der Waals surface area contributed by atoms with Gasteiger partial charge in [-0.25, -0.2) is 0 Å². The number of carboxylic acids is 1. The van der Waals surface area contributed by atoms with E-state index in [1.165, 1.54) is 0 Å². The summed E-state index contributed by atoms with van der Waals surface area (Å²) in [5.74, 6) is 1.06. The van der Waals surface area contributed by atoms with Crippen LogP contribution in [0.1, 0.15) is 63.1 Å². The van der Waals surface area contributed by atoms with Crippen LogP contribution in [0.15, 0.2) is 4.52 Å². The highest BCUT2D eigenvalue weighted by Gasteiger charge is 2.47. The summed E-state index contributed by atoms with van der Waals surface area (Å²) in [4.78, 5) is 18.2. The van der Waals surface area contributed by atoms with Crippen LogP contribution in [0, 0.1) is 0 Å². The fourth-order valence-electron chi connectivity index (χ4n) is 3.21. The number of carbonyl (C=O) groups is 1. The van der Waals surface area contributed by atoms with Gasteiger partial charge in [-0.2, -0.15) is 4.98 Å². The number of aliphatic carboxylic acids is 1. The lowest BCUT2D eigenvalue weighted by molar-refractivity contribution is -0.150. The maximum Gasteiger partial charge on any atom is 0.324 e. The summed E-state index contributed by atoms with van der Waals surface area (Å²) in [6, 6.07) is 0. The molecule has 0 aromatic carbocycles. The zero-order chi connectivity index (χ0) is 14.2. The average Bonchev–Trinajstić information content (AvgIpc) is 3.04. The molecule has 0 amide bonds. The molecule has 1 saturated carbocycles. The minimum Gasteiger partial charge on any atom is -0.480 e. The molecule has 110 valence electrons. The van der Waals surface area contributed by atoms with Crippen molar-refractivity contribution in [1.29, 1.82) is 0 Å². The molecule has 0 spiro atoms. The summed E-state index contributed by atoms with van der Waals surface area (Å²) in [7, 11) is 0. The summed E-state index contributed by atoms with van der Waals surface area (Å²) in [5.41, 5.74) is -0.741. The normalized spacial score (nSPS) is 27.1. The second-order valence-corrected chi connectivity index (χ2v) is 5.93. The predicted molar refractivity (Wildman–Crippen MR) is 71.2 cm³/mol. The van der Waals surface area contributed by atoms with Gasteiger partial charge in [0, 0.05) is 5.92 Å². The van der Waals surface area contributed by atoms with Gasteiger partial charge in [0.05, 0.1) is 6.54 Å². The van der Waals surface area contributed by atoms with Crippen molar-refractivity contribution < 1.29 is 14.4 Å². The third-order valence-electron chi connectivity index (χ3n) is 4.43. The topological polar surface area (TPSA) is 79.5 Å². The van der Waals surface area contributed by atoms with Crippen molar-refractivity contribution in [3.05, 3.63) is 11.7 Å². The number of nitrogens with zero attached hydrogens (tertiary/aromatic N) is 3. The zero-order valence-corrected chi connectivity index (χ0v) is 11.8.